The van der Waals surface area contributed by atoms with Gasteiger partial charge in [0.05, 0.1) is 0 Å². The number of nitrogens with two attached hydrogens (primary N) is 1. The van der Waals surface area contributed by atoms with Gasteiger partial charge in [-0.05, 0) is 61.2 Å². The second kappa shape index (κ2) is 7.71. The van der Waals surface area contributed by atoms with Crippen LogP contribution in [0.3, 0.4) is 0 Å². The summed E-state index contributed by atoms with van der Waals surface area (Å²) in [6, 6.07) is 16.5. The average molecular weight is 269 g/mol. The van der Waals surface area contributed by atoms with Crippen molar-refractivity contribution in [1.29, 1.82) is 0 Å². The summed E-state index contributed by atoms with van der Waals surface area (Å²) < 4.78 is 5.88. The van der Waals surface area contributed by atoms with Crippen LogP contribution in [-0.2, 0) is 12.8 Å². The molecule has 0 aromatic heterocycles. The molecule has 2 aromatic carbocycles. The van der Waals surface area contributed by atoms with Gasteiger partial charge in [-0.15, -0.1) is 0 Å². The molecule has 0 aliphatic carbocycles. The molecule has 20 heavy (non-hydrogen) atoms. The van der Waals surface area contributed by atoms with E-state index in [1.807, 2.05) is 24.3 Å². The normalized spacial score (nSPS) is 10.5. The molecular formula is C18H23NO. The molecule has 0 radical (unpaired) electrons. The summed E-state index contributed by atoms with van der Waals surface area (Å²) in [6.45, 7) is 2.88. The van der Waals surface area contributed by atoms with Gasteiger partial charge in [-0.25, -0.2) is 0 Å². The third-order valence-electron chi connectivity index (χ3n) is 3.31. The van der Waals surface area contributed by atoms with Crippen LogP contribution in [0.2, 0.25) is 0 Å². The van der Waals surface area contributed by atoms with Gasteiger partial charge in [0.25, 0.3) is 0 Å². The zero-order chi connectivity index (χ0) is 14.2. The Hall–Kier alpha value is -1.80. The molecule has 0 bridgehead atoms. The van der Waals surface area contributed by atoms with Crippen molar-refractivity contribution in [2.24, 2.45) is 5.73 Å². The van der Waals surface area contributed by atoms with Crippen LogP contribution in [0.4, 0.5) is 0 Å². The molecule has 0 aliphatic heterocycles. The summed E-state index contributed by atoms with van der Waals surface area (Å²) >= 11 is 0. The molecule has 0 saturated carbocycles. The lowest BCUT2D eigenvalue weighted by Gasteiger charge is -2.08. The van der Waals surface area contributed by atoms with Gasteiger partial charge in [-0.1, -0.05) is 37.6 Å². The van der Waals surface area contributed by atoms with Crippen LogP contribution in [0.1, 0.15) is 30.9 Å². The lowest BCUT2D eigenvalue weighted by Crippen LogP contribution is -2.02. The Morgan fingerprint density at radius 3 is 2.40 bits per heavy atom. The molecule has 2 nitrogen and oxygen atoms in total. The molecule has 0 fully saturated rings. The summed E-state index contributed by atoms with van der Waals surface area (Å²) in [6.07, 6.45) is 4.49. The fourth-order valence-corrected chi connectivity index (χ4v) is 2.17. The number of benzene rings is 2. The maximum Gasteiger partial charge on any atom is 0.127 e. The van der Waals surface area contributed by atoms with Crippen molar-refractivity contribution in [3.63, 3.8) is 0 Å². The third-order valence-corrected chi connectivity index (χ3v) is 3.31. The van der Waals surface area contributed by atoms with E-state index in [4.69, 9.17) is 10.5 Å². The number of ether oxygens (including phenoxy) is 1. The van der Waals surface area contributed by atoms with E-state index in [1.54, 1.807) is 0 Å². The van der Waals surface area contributed by atoms with Crippen LogP contribution in [0.5, 0.6) is 11.5 Å². The predicted molar refractivity (Wildman–Crippen MR) is 84.3 cm³/mol. The van der Waals surface area contributed by atoms with Crippen molar-refractivity contribution in [3.8, 4) is 11.5 Å². The van der Waals surface area contributed by atoms with Crippen LogP contribution in [-0.4, -0.2) is 6.54 Å². The van der Waals surface area contributed by atoms with E-state index in [9.17, 15) is 0 Å². The zero-order valence-corrected chi connectivity index (χ0v) is 12.1. The van der Waals surface area contributed by atoms with Crippen LogP contribution < -0.4 is 10.5 Å². The quantitative estimate of drug-likeness (QED) is 0.812. The van der Waals surface area contributed by atoms with E-state index >= 15 is 0 Å². The highest BCUT2D eigenvalue weighted by Gasteiger charge is 2.00. The molecule has 0 unspecified atom stereocenters. The molecule has 0 amide bonds. The summed E-state index contributed by atoms with van der Waals surface area (Å²) in [5, 5.41) is 0. The molecule has 0 heterocycles. The largest absolute Gasteiger partial charge is 0.457 e. The first-order valence-electron chi connectivity index (χ1n) is 7.37. The fraction of sp³-hybridized carbons (Fsp3) is 0.333. The van der Waals surface area contributed by atoms with Gasteiger partial charge in [-0.2, -0.15) is 0 Å². The Balaban J connectivity index is 2.00. The monoisotopic (exact) mass is 269 g/mol. The van der Waals surface area contributed by atoms with Crippen molar-refractivity contribution >= 4 is 0 Å². The van der Waals surface area contributed by atoms with E-state index in [1.165, 1.54) is 24.0 Å². The van der Waals surface area contributed by atoms with E-state index < -0.39 is 0 Å². The van der Waals surface area contributed by atoms with Crippen molar-refractivity contribution in [2.45, 2.75) is 32.6 Å². The van der Waals surface area contributed by atoms with Crippen molar-refractivity contribution < 1.29 is 4.74 Å². The van der Waals surface area contributed by atoms with Gasteiger partial charge >= 0.3 is 0 Å². The van der Waals surface area contributed by atoms with Crippen LogP contribution in [0.15, 0.2) is 48.5 Å². The molecule has 0 atom stereocenters. The highest BCUT2D eigenvalue weighted by molar-refractivity contribution is 5.35. The lowest BCUT2D eigenvalue weighted by molar-refractivity contribution is 0.481. The lowest BCUT2D eigenvalue weighted by atomic mass is 10.1. The molecule has 0 spiro atoms. The van der Waals surface area contributed by atoms with Gasteiger partial charge in [0.15, 0.2) is 0 Å². The molecular weight excluding hydrogens is 246 g/mol. The van der Waals surface area contributed by atoms with Crippen LogP contribution in [0, 0.1) is 0 Å². The molecule has 106 valence electrons. The number of unbranched alkanes of at least 4 members (excludes halogenated alkanes) is 1. The topological polar surface area (TPSA) is 35.2 Å². The zero-order valence-electron chi connectivity index (χ0n) is 12.1. The van der Waals surface area contributed by atoms with Gasteiger partial charge < -0.3 is 10.5 Å². The van der Waals surface area contributed by atoms with E-state index in [0.717, 1.165) is 24.3 Å². The molecule has 2 rings (SSSR count). The smallest absolute Gasteiger partial charge is 0.127 e. The summed E-state index contributed by atoms with van der Waals surface area (Å²) in [5.41, 5.74) is 8.16. The van der Waals surface area contributed by atoms with Crippen LogP contribution in [0.25, 0.3) is 0 Å². The van der Waals surface area contributed by atoms with E-state index in [-0.39, 0.29) is 0 Å². The van der Waals surface area contributed by atoms with Crippen LogP contribution >= 0.6 is 0 Å². The van der Waals surface area contributed by atoms with Crippen molar-refractivity contribution in [3.05, 3.63) is 59.7 Å². The Labute approximate surface area is 121 Å². The second-order valence-corrected chi connectivity index (χ2v) is 5.04. The molecule has 0 saturated heterocycles. The van der Waals surface area contributed by atoms with Crippen molar-refractivity contribution in [1.82, 2.24) is 0 Å². The Kier molecular flexibility index (Phi) is 5.63. The number of aryl methyl sites for hydroxylation is 1. The van der Waals surface area contributed by atoms with Gasteiger partial charge in [0, 0.05) is 0 Å². The third kappa shape index (κ3) is 4.39. The standard InChI is InChI=1S/C18H23NO/c1-2-3-5-15-8-10-17(11-9-15)20-18-7-4-6-16(14-18)12-13-19/h4,6-11,14H,2-3,5,12-13,19H2,1H3. The Bertz CT molecular complexity index is 519. The maximum absolute atomic E-state index is 5.88. The summed E-state index contributed by atoms with van der Waals surface area (Å²) in [4.78, 5) is 0. The second-order valence-electron chi connectivity index (χ2n) is 5.04. The average Bonchev–Trinajstić information content (AvgIpc) is 2.47. The van der Waals surface area contributed by atoms with E-state index in [0.29, 0.717) is 6.54 Å². The SMILES string of the molecule is CCCCc1ccc(Oc2cccc(CCN)c2)cc1. The Morgan fingerprint density at radius 1 is 0.900 bits per heavy atom. The van der Waals surface area contributed by atoms with Gasteiger partial charge in [0.2, 0.25) is 0 Å². The first kappa shape index (κ1) is 14.6. The highest BCUT2D eigenvalue weighted by atomic mass is 16.5. The minimum atomic E-state index is 0.662. The number of hydrogen-bond acceptors (Lipinski definition) is 2. The summed E-state index contributed by atoms with van der Waals surface area (Å²) in [7, 11) is 0. The highest BCUT2D eigenvalue weighted by Crippen LogP contribution is 2.23. The fourth-order valence-electron chi connectivity index (χ4n) is 2.17. The van der Waals surface area contributed by atoms with Gasteiger partial charge in [0.1, 0.15) is 11.5 Å². The molecule has 2 heteroatoms. The minimum absolute atomic E-state index is 0.662. The maximum atomic E-state index is 5.88. The summed E-state index contributed by atoms with van der Waals surface area (Å²) in [5.74, 6) is 1.76. The first-order valence-corrected chi connectivity index (χ1v) is 7.37. The Morgan fingerprint density at radius 2 is 1.70 bits per heavy atom. The molecule has 0 aliphatic rings. The molecule has 2 N–H and O–H groups in total. The predicted octanol–water partition coefficient (Wildman–Crippen LogP) is 4.32. The van der Waals surface area contributed by atoms with Gasteiger partial charge in [-0.3, -0.25) is 0 Å². The number of hydrogen-bond donors (Lipinski definition) is 1. The van der Waals surface area contributed by atoms with E-state index in [2.05, 4.69) is 31.2 Å². The van der Waals surface area contributed by atoms with Crippen molar-refractivity contribution in [2.75, 3.05) is 6.54 Å². The minimum Gasteiger partial charge on any atom is -0.457 e. The molecule has 2 aromatic rings. The number of rotatable bonds is 7. The first-order chi connectivity index (χ1) is 9.81.